The number of carboxylic acid groups (broad SMARTS) is 2. The van der Waals surface area contributed by atoms with Crippen LogP contribution in [0.5, 0.6) is 0 Å². The molecule has 238 valence electrons. The quantitative estimate of drug-likeness (QED) is 0.1000. The Bertz CT molecular complexity index is 1030. The van der Waals surface area contributed by atoms with E-state index in [2.05, 4.69) is 21.3 Å². The first-order valence-corrected chi connectivity index (χ1v) is 12.7. The van der Waals surface area contributed by atoms with Crippen LogP contribution in [-0.4, -0.2) is 142 Å². The molecule has 0 aliphatic carbocycles. The molecular formula is C23H36N4O15. The fraction of sp³-hybridized carbons (Fsp3) is 0.739. The minimum Gasteiger partial charge on any atom is -0.479 e. The van der Waals surface area contributed by atoms with Crippen LogP contribution in [-0.2, 0) is 47.7 Å². The largest absolute Gasteiger partial charge is 0.479 e. The number of ether oxygens (including phenoxy) is 4. The highest BCUT2D eigenvalue weighted by molar-refractivity contribution is 5.78. The molecule has 0 bridgehead atoms. The molecule has 2 fully saturated rings. The van der Waals surface area contributed by atoms with Gasteiger partial charge < -0.3 is 65.7 Å². The van der Waals surface area contributed by atoms with Crippen molar-refractivity contribution < 1.29 is 73.2 Å². The summed E-state index contributed by atoms with van der Waals surface area (Å²) in [5.74, 6) is -6.24. The highest BCUT2D eigenvalue weighted by atomic mass is 16.7. The zero-order valence-corrected chi connectivity index (χ0v) is 23.1. The van der Waals surface area contributed by atoms with Gasteiger partial charge in [-0.05, 0) is 0 Å². The van der Waals surface area contributed by atoms with E-state index in [0.717, 1.165) is 27.7 Å². The molecule has 11 atom stereocenters. The van der Waals surface area contributed by atoms with E-state index in [1.807, 2.05) is 0 Å². The van der Waals surface area contributed by atoms with Crippen molar-refractivity contribution in [1.29, 1.82) is 0 Å². The van der Waals surface area contributed by atoms with Crippen molar-refractivity contribution >= 4 is 35.6 Å². The summed E-state index contributed by atoms with van der Waals surface area (Å²) in [5.41, 5.74) is 0. The van der Waals surface area contributed by atoms with E-state index in [9.17, 15) is 49.2 Å². The van der Waals surface area contributed by atoms with Gasteiger partial charge in [0.2, 0.25) is 23.6 Å². The van der Waals surface area contributed by atoms with E-state index in [-0.39, 0.29) is 0 Å². The normalized spacial score (nSPS) is 33.5. The first kappa shape index (κ1) is 34.7. The number of hydrogen-bond acceptors (Lipinski definition) is 13. The standard InChI is InChI=1S/C23H36N4O15/c1-7(29)24-12-14(26-9(3)31)23(41-18(16(12)34)20(35)36)40-17-13(25-8(2)30)15(27-10(4)32)22(39-6-11(33)5-28)42-19(17)21(37)38/h11-19,22-23,28,33-34H,5-6H2,1-4H3,(H,24,29)(H,25,30)(H,26,31)(H,27,32)(H,35,36)(H,37,38)/t11?,12-,13-,14+,15+,16+,17+,18+,19+,22-,23-/m1/s1. The molecule has 0 spiro atoms. The molecule has 2 saturated heterocycles. The second-order valence-electron chi connectivity index (χ2n) is 9.69. The first-order chi connectivity index (χ1) is 19.6. The highest BCUT2D eigenvalue weighted by Crippen LogP contribution is 2.30. The third-order valence-electron chi connectivity index (χ3n) is 6.17. The number of aliphatic hydroxyl groups excluding tert-OH is 3. The van der Waals surface area contributed by atoms with Crippen LogP contribution in [0.1, 0.15) is 27.7 Å². The lowest BCUT2D eigenvalue weighted by atomic mass is 9.91. The SMILES string of the molecule is CC(=O)N[C@@H]1[C@H](OCC(O)CO)O[C@H](C(=O)O)[C@@H](O[C@@H]2O[C@H](C(=O)O)[C@@H](O)[C@H](NC(C)=O)[C@@H]2NC(C)=O)[C@@H]1NC(C)=O. The van der Waals surface area contributed by atoms with E-state index < -0.39 is 116 Å². The molecule has 2 aliphatic rings. The van der Waals surface area contributed by atoms with Crippen LogP contribution in [0.3, 0.4) is 0 Å². The molecule has 9 N–H and O–H groups in total. The summed E-state index contributed by atoms with van der Waals surface area (Å²) in [6.45, 7) is 2.99. The van der Waals surface area contributed by atoms with Crippen LogP contribution >= 0.6 is 0 Å². The van der Waals surface area contributed by atoms with Crippen molar-refractivity contribution in [3.63, 3.8) is 0 Å². The lowest BCUT2D eigenvalue weighted by molar-refractivity contribution is -0.303. The number of aliphatic carboxylic acids is 2. The Balaban J connectivity index is 2.61. The fourth-order valence-corrected chi connectivity index (χ4v) is 4.58. The molecule has 0 aromatic rings. The third-order valence-corrected chi connectivity index (χ3v) is 6.17. The Hall–Kier alpha value is -3.46. The van der Waals surface area contributed by atoms with Gasteiger partial charge in [-0.1, -0.05) is 0 Å². The molecule has 2 heterocycles. The zero-order valence-electron chi connectivity index (χ0n) is 23.1. The molecule has 19 heteroatoms. The van der Waals surface area contributed by atoms with Crippen LogP contribution in [0.2, 0.25) is 0 Å². The molecule has 0 aromatic heterocycles. The Labute approximate surface area is 238 Å². The van der Waals surface area contributed by atoms with Gasteiger partial charge in [0.25, 0.3) is 0 Å². The van der Waals surface area contributed by atoms with E-state index >= 15 is 0 Å². The van der Waals surface area contributed by atoms with Crippen molar-refractivity contribution in [3.8, 4) is 0 Å². The fourth-order valence-electron chi connectivity index (χ4n) is 4.58. The Morgan fingerprint density at radius 3 is 1.60 bits per heavy atom. The van der Waals surface area contributed by atoms with Gasteiger partial charge in [-0.2, -0.15) is 0 Å². The lowest BCUT2D eigenvalue weighted by Gasteiger charge is -2.49. The molecule has 2 aliphatic heterocycles. The summed E-state index contributed by atoms with van der Waals surface area (Å²) >= 11 is 0. The van der Waals surface area contributed by atoms with Gasteiger partial charge in [0.1, 0.15) is 30.4 Å². The molecule has 0 saturated carbocycles. The first-order valence-electron chi connectivity index (χ1n) is 12.7. The maximum absolute atomic E-state index is 12.3. The van der Waals surface area contributed by atoms with E-state index in [1.54, 1.807) is 0 Å². The van der Waals surface area contributed by atoms with E-state index in [0.29, 0.717) is 0 Å². The lowest BCUT2D eigenvalue weighted by Crippen LogP contribution is -2.74. The number of aliphatic hydroxyl groups is 3. The van der Waals surface area contributed by atoms with E-state index in [1.165, 1.54) is 0 Å². The second kappa shape index (κ2) is 15.1. The van der Waals surface area contributed by atoms with Crippen LogP contribution < -0.4 is 21.3 Å². The minimum atomic E-state index is -2.04. The second-order valence-corrected chi connectivity index (χ2v) is 9.69. The molecule has 42 heavy (non-hydrogen) atoms. The van der Waals surface area contributed by atoms with Crippen molar-refractivity contribution in [1.82, 2.24) is 21.3 Å². The smallest absolute Gasteiger partial charge is 0.335 e. The number of rotatable bonds is 12. The van der Waals surface area contributed by atoms with Gasteiger partial charge in [0.05, 0.1) is 25.3 Å². The Kier molecular flexibility index (Phi) is 12.5. The number of nitrogens with one attached hydrogen (secondary N) is 4. The summed E-state index contributed by atoms with van der Waals surface area (Å²) in [5, 5.41) is 58.7. The van der Waals surface area contributed by atoms with Gasteiger partial charge in [-0.3, -0.25) is 19.2 Å². The highest BCUT2D eigenvalue weighted by Gasteiger charge is 2.55. The molecule has 1 unspecified atom stereocenters. The van der Waals surface area contributed by atoms with Crippen LogP contribution in [0, 0.1) is 0 Å². The third kappa shape index (κ3) is 9.02. The number of carbonyl (C=O) groups excluding carboxylic acids is 4. The van der Waals surface area contributed by atoms with Crippen molar-refractivity contribution in [2.24, 2.45) is 0 Å². The molecule has 0 aromatic carbocycles. The predicted molar refractivity (Wildman–Crippen MR) is 133 cm³/mol. The summed E-state index contributed by atoms with van der Waals surface area (Å²) in [6, 6.07) is -5.90. The Morgan fingerprint density at radius 2 is 1.14 bits per heavy atom. The number of amides is 4. The van der Waals surface area contributed by atoms with Crippen molar-refractivity contribution in [2.45, 2.75) is 95.0 Å². The predicted octanol–water partition coefficient (Wildman–Crippen LogP) is -5.26. The molecule has 19 nitrogen and oxygen atoms in total. The number of hydrogen-bond donors (Lipinski definition) is 9. The van der Waals surface area contributed by atoms with Crippen LogP contribution in [0.25, 0.3) is 0 Å². The maximum atomic E-state index is 12.3. The molecule has 0 radical (unpaired) electrons. The topological polar surface area (TPSA) is 289 Å². The summed E-state index contributed by atoms with van der Waals surface area (Å²) in [6.07, 6.45) is -12.7. The van der Waals surface area contributed by atoms with Gasteiger partial charge in [-0.25, -0.2) is 9.59 Å². The van der Waals surface area contributed by atoms with Crippen LogP contribution in [0.15, 0.2) is 0 Å². The van der Waals surface area contributed by atoms with Crippen LogP contribution in [0.4, 0.5) is 0 Å². The van der Waals surface area contributed by atoms with Gasteiger partial charge in [-0.15, -0.1) is 0 Å². The average Bonchev–Trinajstić information content (AvgIpc) is 2.86. The van der Waals surface area contributed by atoms with Gasteiger partial charge in [0, 0.05) is 27.7 Å². The van der Waals surface area contributed by atoms with Gasteiger partial charge in [0.15, 0.2) is 24.8 Å². The summed E-state index contributed by atoms with van der Waals surface area (Å²) < 4.78 is 22.3. The number of carboxylic acids is 2. The molecule has 2 rings (SSSR count). The van der Waals surface area contributed by atoms with E-state index in [4.69, 9.17) is 24.1 Å². The van der Waals surface area contributed by atoms with Crippen molar-refractivity contribution in [2.75, 3.05) is 13.2 Å². The zero-order chi connectivity index (χ0) is 31.9. The average molecular weight is 609 g/mol. The minimum absolute atomic E-state index is 0.575. The molecule has 4 amide bonds. The maximum Gasteiger partial charge on any atom is 0.335 e. The number of carbonyl (C=O) groups is 6. The monoisotopic (exact) mass is 608 g/mol. The Morgan fingerprint density at radius 1 is 0.714 bits per heavy atom. The van der Waals surface area contributed by atoms with Crippen molar-refractivity contribution in [3.05, 3.63) is 0 Å². The summed E-state index contributed by atoms with van der Waals surface area (Å²) in [4.78, 5) is 72.5. The summed E-state index contributed by atoms with van der Waals surface area (Å²) in [7, 11) is 0. The molecular weight excluding hydrogens is 572 g/mol. The van der Waals surface area contributed by atoms with Gasteiger partial charge >= 0.3 is 11.9 Å².